The van der Waals surface area contributed by atoms with E-state index < -0.39 is 0 Å². The highest BCUT2D eigenvalue weighted by atomic mass is 127. The molecule has 2 aromatic rings. The first kappa shape index (κ1) is 18.7. The molecule has 2 N–H and O–H groups in total. The van der Waals surface area contributed by atoms with Gasteiger partial charge in [0.15, 0.2) is 5.96 Å². The van der Waals surface area contributed by atoms with E-state index in [1.165, 1.54) is 10.4 Å². The Morgan fingerprint density at radius 3 is 2.68 bits per heavy atom. The molecule has 2 rings (SSSR count). The van der Waals surface area contributed by atoms with Gasteiger partial charge in [0, 0.05) is 38.8 Å². The Balaban J connectivity index is 0.00000242. The minimum Gasteiger partial charge on any atom is -0.363 e. The van der Waals surface area contributed by atoms with Crippen molar-refractivity contribution >= 4 is 47.1 Å². The van der Waals surface area contributed by atoms with E-state index in [-0.39, 0.29) is 24.0 Å². The zero-order chi connectivity index (χ0) is 15.1. The number of anilines is 1. The molecule has 0 aliphatic heterocycles. The molecule has 0 aliphatic carbocycles. The van der Waals surface area contributed by atoms with E-state index in [1.54, 1.807) is 18.4 Å². The number of pyridine rings is 1. The number of guanidine groups is 1. The molecule has 0 aliphatic rings. The maximum absolute atomic E-state index is 4.31. The lowest BCUT2D eigenvalue weighted by Crippen LogP contribution is -2.36. The van der Waals surface area contributed by atoms with Gasteiger partial charge in [-0.05, 0) is 29.1 Å². The third-order valence-electron chi connectivity index (χ3n) is 2.96. The quantitative estimate of drug-likeness (QED) is 0.434. The van der Waals surface area contributed by atoms with Crippen molar-refractivity contribution in [3.8, 4) is 0 Å². The van der Waals surface area contributed by atoms with Gasteiger partial charge >= 0.3 is 0 Å². The van der Waals surface area contributed by atoms with E-state index in [9.17, 15) is 0 Å². The van der Waals surface area contributed by atoms with Gasteiger partial charge in [-0.1, -0.05) is 6.07 Å². The molecular formula is C15H22IN5S. The average Bonchev–Trinajstić information content (AvgIpc) is 3.01. The number of nitrogens with one attached hydrogen (secondary N) is 2. The van der Waals surface area contributed by atoms with Crippen molar-refractivity contribution in [2.24, 2.45) is 4.99 Å². The molecule has 0 fully saturated rings. The number of hydrogen-bond donors (Lipinski definition) is 2. The van der Waals surface area contributed by atoms with Crippen LogP contribution in [0.4, 0.5) is 5.82 Å². The summed E-state index contributed by atoms with van der Waals surface area (Å²) >= 11 is 1.74. The van der Waals surface area contributed by atoms with Crippen LogP contribution in [0, 0.1) is 0 Å². The topological polar surface area (TPSA) is 52.6 Å². The summed E-state index contributed by atoms with van der Waals surface area (Å²) in [4.78, 5) is 11.8. The molecule has 2 heterocycles. The first-order valence-corrected chi connectivity index (χ1v) is 7.66. The monoisotopic (exact) mass is 431 g/mol. The molecule has 0 atom stereocenters. The van der Waals surface area contributed by atoms with Crippen LogP contribution in [0.2, 0.25) is 0 Å². The summed E-state index contributed by atoms with van der Waals surface area (Å²) in [5.41, 5.74) is 1.17. The van der Waals surface area contributed by atoms with Crippen LogP contribution in [-0.4, -0.2) is 32.1 Å². The van der Waals surface area contributed by atoms with Gasteiger partial charge in [-0.2, -0.15) is 0 Å². The predicted octanol–water partition coefficient (Wildman–Crippen LogP) is 2.69. The van der Waals surface area contributed by atoms with Crippen LogP contribution in [0.3, 0.4) is 0 Å². The van der Waals surface area contributed by atoms with Gasteiger partial charge in [-0.15, -0.1) is 35.3 Å². The lowest BCUT2D eigenvalue weighted by Gasteiger charge is -2.14. The van der Waals surface area contributed by atoms with Crippen molar-refractivity contribution in [2.75, 3.05) is 26.0 Å². The van der Waals surface area contributed by atoms with Crippen molar-refractivity contribution in [3.05, 3.63) is 46.3 Å². The third-order valence-corrected chi connectivity index (χ3v) is 3.84. The van der Waals surface area contributed by atoms with Gasteiger partial charge in [-0.25, -0.2) is 4.98 Å². The number of aliphatic imine (C=N–C) groups is 1. The van der Waals surface area contributed by atoms with Gasteiger partial charge in [0.2, 0.25) is 0 Å². The van der Waals surface area contributed by atoms with Crippen molar-refractivity contribution in [1.29, 1.82) is 0 Å². The summed E-state index contributed by atoms with van der Waals surface area (Å²) in [5, 5.41) is 8.69. The number of thiophene rings is 1. The number of rotatable bonds is 5. The van der Waals surface area contributed by atoms with Crippen molar-refractivity contribution in [1.82, 2.24) is 15.6 Å². The van der Waals surface area contributed by atoms with Crippen LogP contribution in [0.1, 0.15) is 10.4 Å². The molecule has 0 radical (unpaired) electrons. The second-order valence-electron chi connectivity index (χ2n) is 4.78. The highest BCUT2D eigenvalue weighted by Gasteiger charge is 2.02. The summed E-state index contributed by atoms with van der Waals surface area (Å²) < 4.78 is 0. The Morgan fingerprint density at radius 2 is 2.05 bits per heavy atom. The lowest BCUT2D eigenvalue weighted by molar-refractivity contribution is 0.814. The van der Waals surface area contributed by atoms with Crippen LogP contribution in [0.5, 0.6) is 0 Å². The smallest absolute Gasteiger partial charge is 0.191 e. The Bertz CT molecular complexity index is 583. The van der Waals surface area contributed by atoms with E-state index in [2.05, 4.69) is 44.2 Å². The zero-order valence-corrected chi connectivity index (χ0v) is 16.2. The molecule has 0 bridgehead atoms. The Hall–Kier alpha value is -1.35. The third kappa shape index (κ3) is 5.80. The van der Waals surface area contributed by atoms with Crippen LogP contribution < -0.4 is 15.5 Å². The number of nitrogens with zero attached hydrogens (tertiary/aromatic N) is 3. The molecule has 0 amide bonds. The largest absolute Gasteiger partial charge is 0.363 e. The Kier molecular flexibility index (Phi) is 8.18. The highest BCUT2D eigenvalue weighted by Crippen LogP contribution is 2.09. The molecule has 7 heteroatoms. The highest BCUT2D eigenvalue weighted by molar-refractivity contribution is 14.0. The minimum atomic E-state index is 0. The van der Waals surface area contributed by atoms with Crippen LogP contribution >= 0.6 is 35.3 Å². The number of halogens is 1. The summed E-state index contributed by atoms with van der Waals surface area (Å²) in [6.07, 6.45) is 1.83. The van der Waals surface area contributed by atoms with Crippen molar-refractivity contribution in [2.45, 2.75) is 13.1 Å². The fraction of sp³-hybridized carbons (Fsp3) is 0.333. The molecular weight excluding hydrogens is 409 g/mol. The number of hydrogen-bond acceptors (Lipinski definition) is 4. The van der Waals surface area contributed by atoms with Crippen molar-refractivity contribution in [3.63, 3.8) is 0 Å². The minimum absolute atomic E-state index is 0. The lowest BCUT2D eigenvalue weighted by atomic mass is 10.2. The Morgan fingerprint density at radius 1 is 1.27 bits per heavy atom. The van der Waals surface area contributed by atoms with E-state index in [0.717, 1.165) is 18.3 Å². The van der Waals surface area contributed by atoms with Crippen LogP contribution in [-0.2, 0) is 13.1 Å². The molecule has 0 aromatic carbocycles. The second kappa shape index (κ2) is 9.62. The van der Waals surface area contributed by atoms with Crippen LogP contribution in [0.25, 0.3) is 0 Å². The number of aromatic nitrogens is 1. The second-order valence-corrected chi connectivity index (χ2v) is 5.81. The molecule has 2 aromatic heterocycles. The van der Waals surface area contributed by atoms with Gasteiger partial charge < -0.3 is 15.5 Å². The fourth-order valence-electron chi connectivity index (χ4n) is 1.81. The SMILES string of the molecule is CN=C(NCc1ccnc(N(C)C)c1)NCc1cccs1.I. The molecule has 5 nitrogen and oxygen atoms in total. The molecule has 0 unspecified atom stereocenters. The molecule has 0 saturated heterocycles. The van der Waals surface area contributed by atoms with E-state index in [1.807, 2.05) is 31.3 Å². The maximum Gasteiger partial charge on any atom is 0.191 e. The average molecular weight is 431 g/mol. The fourth-order valence-corrected chi connectivity index (χ4v) is 2.45. The standard InChI is InChI=1S/C15H21N5S.HI/c1-16-15(19-11-13-5-4-8-21-13)18-10-12-6-7-17-14(9-12)20(2)3;/h4-9H,10-11H2,1-3H3,(H2,16,18,19);1H. The maximum atomic E-state index is 4.31. The van der Waals surface area contributed by atoms with E-state index in [4.69, 9.17) is 0 Å². The Labute approximate surface area is 152 Å². The first-order valence-electron chi connectivity index (χ1n) is 6.78. The van der Waals surface area contributed by atoms with E-state index >= 15 is 0 Å². The van der Waals surface area contributed by atoms with Gasteiger partial charge in [0.05, 0.1) is 6.54 Å². The van der Waals surface area contributed by atoms with Gasteiger partial charge in [0.25, 0.3) is 0 Å². The van der Waals surface area contributed by atoms with Gasteiger partial charge in [0.1, 0.15) is 5.82 Å². The van der Waals surface area contributed by atoms with E-state index in [0.29, 0.717) is 6.54 Å². The van der Waals surface area contributed by atoms with Gasteiger partial charge in [-0.3, -0.25) is 4.99 Å². The molecule has 0 saturated carbocycles. The molecule has 22 heavy (non-hydrogen) atoms. The predicted molar refractivity (Wildman–Crippen MR) is 105 cm³/mol. The summed E-state index contributed by atoms with van der Waals surface area (Å²) in [5.74, 6) is 1.75. The van der Waals surface area contributed by atoms with Crippen molar-refractivity contribution < 1.29 is 0 Å². The summed E-state index contributed by atoms with van der Waals surface area (Å²) in [6, 6.07) is 8.24. The molecule has 120 valence electrons. The first-order chi connectivity index (χ1) is 10.2. The summed E-state index contributed by atoms with van der Waals surface area (Å²) in [7, 11) is 5.75. The molecule has 0 spiro atoms. The summed E-state index contributed by atoms with van der Waals surface area (Å²) in [6.45, 7) is 1.50. The normalized spacial score (nSPS) is 10.8. The zero-order valence-electron chi connectivity index (χ0n) is 13.0. The van der Waals surface area contributed by atoms with Crippen LogP contribution in [0.15, 0.2) is 40.8 Å².